The number of nitrogens with one attached hydrogen (secondary N) is 1. The number of carbonyl (C=O) groups is 2. The predicted octanol–water partition coefficient (Wildman–Crippen LogP) is -1.19. The molecule has 5 N–H and O–H groups in total. The van der Waals surface area contributed by atoms with Gasteiger partial charge < -0.3 is 35.2 Å². The van der Waals surface area contributed by atoms with Gasteiger partial charge >= 0.3 is 12.1 Å². The lowest BCUT2D eigenvalue weighted by Crippen LogP contribution is -2.65. The molecule has 1 aromatic carbocycles. The number of carbonyl (C=O) groups excluding carboxylic acids is 1. The number of aliphatic carboxylic acids is 1. The molecule has 0 aliphatic carbocycles. The maximum Gasteiger partial charge on any atom is 0.407 e. The van der Waals surface area contributed by atoms with Gasteiger partial charge in [-0.2, -0.15) is 0 Å². The summed E-state index contributed by atoms with van der Waals surface area (Å²) in [6.07, 6.45) is -8.10. The van der Waals surface area contributed by atoms with E-state index in [-0.39, 0.29) is 6.61 Å². The van der Waals surface area contributed by atoms with Crippen molar-refractivity contribution in [3.8, 4) is 0 Å². The molecule has 1 aliphatic heterocycles. The largest absolute Gasteiger partial charge is 0.479 e. The SMILES string of the molecule is O=C(NC1C(O)O[C@H](C(=O)O)C(O)[C@@H]1O)OCc1ccccc1. The second kappa shape index (κ2) is 7.38. The second-order valence-corrected chi connectivity index (χ2v) is 5.00. The van der Waals surface area contributed by atoms with Crippen molar-refractivity contribution < 1.29 is 39.5 Å². The number of alkyl carbamates (subject to hydrolysis) is 1. The van der Waals surface area contributed by atoms with Crippen LogP contribution in [0.3, 0.4) is 0 Å². The molecule has 0 saturated carbocycles. The molecule has 1 amide bonds. The van der Waals surface area contributed by atoms with Crippen LogP contribution in [-0.2, 0) is 20.9 Å². The van der Waals surface area contributed by atoms with Crippen LogP contribution in [0.1, 0.15) is 5.56 Å². The molecule has 0 spiro atoms. The number of carboxylic acids is 1. The van der Waals surface area contributed by atoms with Gasteiger partial charge in [0.15, 0.2) is 12.4 Å². The zero-order chi connectivity index (χ0) is 17.0. The Morgan fingerprint density at radius 3 is 2.39 bits per heavy atom. The highest BCUT2D eigenvalue weighted by Gasteiger charge is 2.47. The number of hydrogen-bond acceptors (Lipinski definition) is 7. The van der Waals surface area contributed by atoms with Crippen molar-refractivity contribution >= 4 is 12.1 Å². The molecule has 23 heavy (non-hydrogen) atoms. The van der Waals surface area contributed by atoms with E-state index < -0.39 is 42.7 Å². The fourth-order valence-electron chi connectivity index (χ4n) is 2.14. The molecule has 1 saturated heterocycles. The number of ether oxygens (including phenoxy) is 2. The molecule has 0 radical (unpaired) electrons. The summed E-state index contributed by atoms with van der Waals surface area (Å²) in [5, 5.41) is 40.1. The van der Waals surface area contributed by atoms with E-state index in [1.54, 1.807) is 30.3 Å². The van der Waals surface area contributed by atoms with E-state index in [0.29, 0.717) is 0 Å². The first-order chi connectivity index (χ1) is 10.9. The van der Waals surface area contributed by atoms with Gasteiger partial charge in [0.25, 0.3) is 0 Å². The Labute approximate surface area is 131 Å². The monoisotopic (exact) mass is 327 g/mol. The van der Waals surface area contributed by atoms with Crippen LogP contribution in [-0.4, -0.2) is 63.1 Å². The number of hydrogen-bond donors (Lipinski definition) is 5. The first-order valence-corrected chi connectivity index (χ1v) is 6.80. The predicted molar refractivity (Wildman–Crippen MR) is 74.1 cm³/mol. The van der Waals surface area contributed by atoms with Gasteiger partial charge in [-0.05, 0) is 5.56 Å². The molecule has 3 unspecified atom stereocenters. The van der Waals surface area contributed by atoms with Crippen molar-refractivity contribution in [3.05, 3.63) is 35.9 Å². The van der Waals surface area contributed by atoms with Crippen molar-refractivity contribution in [2.24, 2.45) is 0 Å². The van der Waals surface area contributed by atoms with E-state index in [2.05, 4.69) is 10.1 Å². The highest BCUT2D eigenvalue weighted by atomic mass is 16.6. The Balaban J connectivity index is 1.91. The topological polar surface area (TPSA) is 146 Å². The van der Waals surface area contributed by atoms with Gasteiger partial charge in [-0.15, -0.1) is 0 Å². The summed E-state index contributed by atoms with van der Waals surface area (Å²) in [5.41, 5.74) is 0.731. The van der Waals surface area contributed by atoms with Gasteiger partial charge in [0.05, 0.1) is 0 Å². The van der Waals surface area contributed by atoms with E-state index in [0.717, 1.165) is 5.56 Å². The highest BCUT2D eigenvalue weighted by Crippen LogP contribution is 2.20. The fourth-order valence-corrected chi connectivity index (χ4v) is 2.14. The molecule has 0 aromatic heterocycles. The Morgan fingerprint density at radius 1 is 1.13 bits per heavy atom. The van der Waals surface area contributed by atoms with E-state index in [1.165, 1.54) is 0 Å². The molecule has 126 valence electrons. The molecule has 1 heterocycles. The van der Waals surface area contributed by atoms with E-state index in [9.17, 15) is 24.9 Å². The van der Waals surface area contributed by atoms with Crippen LogP contribution in [0, 0.1) is 0 Å². The third-order valence-corrected chi connectivity index (χ3v) is 3.36. The molecule has 5 atom stereocenters. The summed E-state index contributed by atoms with van der Waals surface area (Å²) in [5.74, 6) is -1.54. The Hall–Kier alpha value is -2.20. The average Bonchev–Trinajstić information content (AvgIpc) is 2.53. The second-order valence-electron chi connectivity index (χ2n) is 5.00. The number of rotatable bonds is 4. The minimum Gasteiger partial charge on any atom is -0.479 e. The van der Waals surface area contributed by atoms with Gasteiger partial charge in [0.2, 0.25) is 0 Å². The molecule has 9 nitrogen and oxygen atoms in total. The fraction of sp³-hybridized carbons (Fsp3) is 0.429. The van der Waals surface area contributed by atoms with Gasteiger partial charge in [0.1, 0.15) is 24.9 Å². The van der Waals surface area contributed by atoms with Crippen molar-refractivity contribution in [3.63, 3.8) is 0 Å². The van der Waals surface area contributed by atoms with Crippen molar-refractivity contribution in [1.29, 1.82) is 0 Å². The quantitative estimate of drug-likeness (QED) is 0.464. The summed E-state index contributed by atoms with van der Waals surface area (Å²) in [6, 6.07) is 7.38. The van der Waals surface area contributed by atoms with Gasteiger partial charge in [-0.1, -0.05) is 30.3 Å². The van der Waals surface area contributed by atoms with Crippen molar-refractivity contribution in [2.75, 3.05) is 0 Å². The molecule has 2 rings (SSSR count). The van der Waals surface area contributed by atoms with Gasteiger partial charge in [0, 0.05) is 0 Å². The summed E-state index contributed by atoms with van der Waals surface area (Å²) in [6.45, 7) is -0.0350. The van der Waals surface area contributed by atoms with E-state index in [1.807, 2.05) is 0 Å². The van der Waals surface area contributed by atoms with Crippen LogP contribution < -0.4 is 5.32 Å². The van der Waals surface area contributed by atoms with Gasteiger partial charge in [-0.25, -0.2) is 9.59 Å². The Morgan fingerprint density at radius 2 is 1.78 bits per heavy atom. The van der Waals surface area contributed by atoms with Crippen LogP contribution >= 0.6 is 0 Å². The third-order valence-electron chi connectivity index (χ3n) is 3.36. The molecule has 1 aromatic rings. The maximum absolute atomic E-state index is 11.7. The lowest BCUT2D eigenvalue weighted by molar-refractivity contribution is -0.248. The number of benzene rings is 1. The number of carboxylic acid groups (broad SMARTS) is 1. The minimum atomic E-state index is -1.81. The minimum absolute atomic E-state index is 0.0350. The van der Waals surface area contributed by atoms with Crippen LogP contribution in [0.15, 0.2) is 30.3 Å². The number of aliphatic hydroxyl groups is 3. The summed E-state index contributed by atoms with van der Waals surface area (Å²) in [4.78, 5) is 22.5. The summed E-state index contributed by atoms with van der Waals surface area (Å²) >= 11 is 0. The molecule has 0 bridgehead atoms. The van der Waals surface area contributed by atoms with E-state index >= 15 is 0 Å². The molecular weight excluding hydrogens is 310 g/mol. The molecular formula is C14H17NO8. The zero-order valence-corrected chi connectivity index (χ0v) is 11.9. The molecule has 1 aliphatic rings. The standard InChI is InChI=1S/C14H17NO8/c16-9-8(13(20)23-11(10(9)17)12(18)19)15-14(21)22-6-7-4-2-1-3-5-7/h1-5,8-11,13,16-17,20H,6H2,(H,15,21)(H,18,19)/t8?,9-,10?,11+,13?/m1/s1. The lowest BCUT2D eigenvalue weighted by Gasteiger charge is -2.38. The molecule has 1 fully saturated rings. The summed E-state index contributed by atoms with van der Waals surface area (Å²) in [7, 11) is 0. The maximum atomic E-state index is 11.7. The van der Waals surface area contributed by atoms with E-state index in [4.69, 9.17) is 9.84 Å². The number of amides is 1. The molecule has 9 heteroatoms. The van der Waals surface area contributed by atoms with Crippen molar-refractivity contribution in [1.82, 2.24) is 5.32 Å². The average molecular weight is 327 g/mol. The van der Waals surface area contributed by atoms with Crippen molar-refractivity contribution in [2.45, 2.75) is 37.3 Å². The smallest absolute Gasteiger partial charge is 0.407 e. The third kappa shape index (κ3) is 4.17. The number of aliphatic hydroxyl groups excluding tert-OH is 3. The Bertz CT molecular complexity index is 551. The Kier molecular flexibility index (Phi) is 5.50. The first-order valence-electron chi connectivity index (χ1n) is 6.80. The lowest BCUT2D eigenvalue weighted by atomic mass is 9.97. The van der Waals surface area contributed by atoms with Crippen LogP contribution in [0.25, 0.3) is 0 Å². The zero-order valence-electron chi connectivity index (χ0n) is 11.9. The first kappa shape index (κ1) is 17.2. The normalized spacial score (nSPS) is 30.5. The van der Waals surface area contributed by atoms with Crippen LogP contribution in [0.2, 0.25) is 0 Å². The highest BCUT2D eigenvalue weighted by molar-refractivity contribution is 5.73. The van der Waals surface area contributed by atoms with Crippen LogP contribution in [0.4, 0.5) is 4.79 Å². The van der Waals surface area contributed by atoms with Crippen LogP contribution in [0.5, 0.6) is 0 Å². The summed E-state index contributed by atoms with van der Waals surface area (Å²) < 4.78 is 9.59. The van der Waals surface area contributed by atoms with Gasteiger partial charge in [-0.3, -0.25) is 0 Å².